The van der Waals surface area contributed by atoms with E-state index >= 15 is 0 Å². The Bertz CT molecular complexity index is 299. The van der Waals surface area contributed by atoms with Crippen LogP contribution < -0.4 is 10.6 Å². The first kappa shape index (κ1) is 13.4. The normalized spacial score (nSPS) is 23.6. The maximum absolute atomic E-state index is 11.7. The highest BCUT2D eigenvalue weighted by atomic mass is 16.3. The third-order valence-electron chi connectivity index (χ3n) is 3.96. The van der Waals surface area contributed by atoms with Gasteiger partial charge in [-0.1, -0.05) is 37.8 Å². The van der Waals surface area contributed by atoms with Crippen LogP contribution in [0.1, 0.15) is 51.4 Å². The number of carbonyl (C=O) groups excluding carboxylic acids is 1. The molecule has 0 aromatic carbocycles. The lowest BCUT2D eigenvalue weighted by atomic mass is 9.94. The average Bonchev–Trinajstić information content (AvgIpc) is 2.75. The van der Waals surface area contributed by atoms with E-state index in [0.717, 1.165) is 38.5 Å². The van der Waals surface area contributed by atoms with Gasteiger partial charge in [0.2, 0.25) is 0 Å². The molecule has 0 atom stereocenters. The molecule has 2 rings (SSSR count). The fourth-order valence-corrected chi connectivity index (χ4v) is 2.78. The summed E-state index contributed by atoms with van der Waals surface area (Å²) in [5.74, 6) is 0. The minimum absolute atomic E-state index is 0.152. The topological polar surface area (TPSA) is 61.4 Å². The van der Waals surface area contributed by atoms with E-state index in [4.69, 9.17) is 0 Å². The summed E-state index contributed by atoms with van der Waals surface area (Å²) in [5.41, 5.74) is -0.693. The van der Waals surface area contributed by atoms with Crippen molar-refractivity contribution in [1.29, 1.82) is 0 Å². The van der Waals surface area contributed by atoms with Gasteiger partial charge in [0.15, 0.2) is 0 Å². The van der Waals surface area contributed by atoms with E-state index in [1.165, 1.54) is 12.8 Å². The van der Waals surface area contributed by atoms with E-state index in [-0.39, 0.29) is 12.1 Å². The Morgan fingerprint density at radius 2 is 1.78 bits per heavy atom. The molecule has 0 radical (unpaired) electrons. The summed E-state index contributed by atoms with van der Waals surface area (Å²) in [7, 11) is 0. The lowest BCUT2D eigenvalue weighted by molar-refractivity contribution is 0.0276. The van der Waals surface area contributed by atoms with Gasteiger partial charge in [0, 0.05) is 12.6 Å². The summed E-state index contributed by atoms with van der Waals surface area (Å²) in [6, 6.07) is 0.0788. The van der Waals surface area contributed by atoms with Crippen LogP contribution in [0.5, 0.6) is 0 Å². The van der Waals surface area contributed by atoms with Crippen molar-refractivity contribution in [3.63, 3.8) is 0 Å². The second-order valence-corrected chi connectivity index (χ2v) is 5.61. The Labute approximate surface area is 109 Å². The molecule has 0 aliphatic heterocycles. The van der Waals surface area contributed by atoms with Crippen molar-refractivity contribution >= 4 is 6.03 Å². The molecule has 1 fully saturated rings. The Hall–Kier alpha value is -1.03. The van der Waals surface area contributed by atoms with Crippen molar-refractivity contribution in [3.05, 3.63) is 12.2 Å². The van der Waals surface area contributed by atoms with Gasteiger partial charge in [-0.15, -0.1) is 0 Å². The third kappa shape index (κ3) is 4.02. The average molecular weight is 252 g/mol. The van der Waals surface area contributed by atoms with Crippen LogP contribution in [0.4, 0.5) is 4.79 Å². The zero-order valence-electron chi connectivity index (χ0n) is 11.0. The molecular weight excluding hydrogens is 228 g/mol. The molecule has 4 heteroatoms. The number of amides is 2. The van der Waals surface area contributed by atoms with Crippen molar-refractivity contribution in [2.75, 3.05) is 6.54 Å². The van der Waals surface area contributed by atoms with Gasteiger partial charge in [-0.05, 0) is 25.7 Å². The standard InChI is InChI=1S/C14H24N2O2/c17-13(16-12-7-3-4-8-12)15-11-14(18)9-5-1-2-6-10-14/h3-4,12,18H,1-2,5-11H2,(H2,15,16,17). The highest BCUT2D eigenvalue weighted by Crippen LogP contribution is 2.26. The summed E-state index contributed by atoms with van der Waals surface area (Å²) in [6.07, 6.45) is 12.1. The molecule has 3 N–H and O–H groups in total. The van der Waals surface area contributed by atoms with Gasteiger partial charge < -0.3 is 15.7 Å². The maximum Gasteiger partial charge on any atom is 0.315 e. The van der Waals surface area contributed by atoms with Crippen LogP contribution in [0.25, 0.3) is 0 Å². The quantitative estimate of drug-likeness (QED) is 0.532. The van der Waals surface area contributed by atoms with Gasteiger partial charge in [0.1, 0.15) is 0 Å². The lowest BCUT2D eigenvalue weighted by Gasteiger charge is -2.27. The molecule has 0 unspecified atom stereocenters. The Kier molecular flexibility index (Phi) is 4.64. The number of nitrogens with one attached hydrogen (secondary N) is 2. The number of aliphatic hydroxyl groups is 1. The second kappa shape index (κ2) is 6.23. The van der Waals surface area contributed by atoms with E-state index in [1.54, 1.807) is 0 Å². The first-order valence-electron chi connectivity index (χ1n) is 7.10. The van der Waals surface area contributed by atoms with Gasteiger partial charge in [-0.3, -0.25) is 0 Å². The number of hydrogen-bond acceptors (Lipinski definition) is 2. The van der Waals surface area contributed by atoms with Crippen LogP contribution in [0.15, 0.2) is 12.2 Å². The monoisotopic (exact) mass is 252 g/mol. The molecule has 0 heterocycles. The fraction of sp³-hybridized carbons (Fsp3) is 0.786. The van der Waals surface area contributed by atoms with E-state index in [1.807, 2.05) is 0 Å². The molecule has 0 spiro atoms. The van der Waals surface area contributed by atoms with Crippen molar-refractivity contribution in [2.45, 2.75) is 63.0 Å². The number of carbonyl (C=O) groups is 1. The van der Waals surface area contributed by atoms with E-state index in [9.17, 15) is 9.90 Å². The molecule has 2 aliphatic rings. The molecule has 18 heavy (non-hydrogen) atoms. The van der Waals surface area contributed by atoms with Gasteiger partial charge >= 0.3 is 6.03 Å². The second-order valence-electron chi connectivity index (χ2n) is 5.61. The van der Waals surface area contributed by atoms with E-state index in [2.05, 4.69) is 22.8 Å². The van der Waals surface area contributed by atoms with Crippen LogP contribution in [0, 0.1) is 0 Å². The summed E-state index contributed by atoms with van der Waals surface area (Å²) >= 11 is 0. The minimum atomic E-state index is -0.693. The number of hydrogen-bond donors (Lipinski definition) is 3. The van der Waals surface area contributed by atoms with Gasteiger partial charge in [-0.25, -0.2) is 4.79 Å². The van der Waals surface area contributed by atoms with Crippen molar-refractivity contribution < 1.29 is 9.90 Å². The van der Waals surface area contributed by atoms with E-state index in [0.29, 0.717) is 6.54 Å². The zero-order valence-corrected chi connectivity index (χ0v) is 11.0. The highest BCUT2D eigenvalue weighted by molar-refractivity contribution is 5.74. The Balaban J connectivity index is 1.70. The minimum Gasteiger partial charge on any atom is -0.388 e. The number of rotatable bonds is 3. The van der Waals surface area contributed by atoms with Gasteiger partial charge in [0.25, 0.3) is 0 Å². The molecule has 2 aliphatic carbocycles. The summed E-state index contributed by atoms with van der Waals surface area (Å²) < 4.78 is 0. The predicted octanol–water partition coefficient (Wildman–Crippen LogP) is 2.09. The summed E-state index contributed by atoms with van der Waals surface area (Å²) in [5, 5.41) is 16.2. The summed E-state index contributed by atoms with van der Waals surface area (Å²) in [4.78, 5) is 11.7. The molecule has 2 amide bonds. The molecule has 102 valence electrons. The van der Waals surface area contributed by atoms with Crippen molar-refractivity contribution in [1.82, 2.24) is 10.6 Å². The fourth-order valence-electron chi connectivity index (χ4n) is 2.78. The van der Waals surface area contributed by atoms with Crippen LogP contribution in [0.3, 0.4) is 0 Å². The first-order valence-corrected chi connectivity index (χ1v) is 7.10. The molecule has 4 nitrogen and oxygen atoms in total. The van der Waals surface area contributed by atoms with E-state index < -0.39 is 5.60 Å². The lowest BCUT2D eigenvalue weighted by Crippen LogP contribution is -2.48. The largest absolute Gasteiger partial charge is 0.388 e. The zero-order chi connectivity index (χ0) is 12.8. The Morgan fingerprint density at radius 3 is 2.39 bits per heavy atom. The molecule has 0 aromatic heterocycles. The smallest absolute Gasteiger partial charge is 0.315 e. The Morgan fingerprint density at radius 1 is 1.17 bits per heavy atom. The van der Waals surface area contributed by atoms with Crippen LogP contribution in [-0.4, -0.2) is 29.3 Å². The number of urea groups is 1. The molecule has 1 saturated carbocycles. The van der Waals surface area contributed by atoms with Crippen LogP contribution in [-0.2, 0) is 0 Å². The van der Waals surface area contributed by atoms with Crippen molar-refractivity contribution in [2.24, 2.45) is 0 Å². The summed E-state index contributed by atoms with van der Waals surface area (Å²) in [6.45, 7) is 0.374. The van der Waals surface area contributed by atoms with Crippen LogP contribution in [0.2, 0.25) is 0 Å². The molecule has 0 bridgehead atoms. The third-order valence-corrected chi connectivity index (χ3v) is 3.96. The first-order chi connectivity index (χ1) is 8.68. The predicted molar refractivity (Wildman–Crippen MR) is 71.3 cm³/mol. The molecular formula is C14H24N2O2. The van der Waals surface area contributed by atoms with Crippen molar-refractivity contribution in [3.8, 4) is 0 Å². The molecule has 0 aromatic rings. The highest BCUT2D eigenvalue weighted by Gasteiger charge is 2.28. The van der Waals surface area contributed by atoms with Gasteiger partial charge in [-0.2, -0.15) is 0 Å². The maximum atomic E-state index is 11.7. The van der Waals surface area contributed by atoms with Gasteiger partial charge in [0.05, 0.1) is 5.60 Å². The SMILES string of the molecule is O=C(NCC1(O)CCCCCC1)NC1CC=CC1. The molecule has 0 saturated heterocycles. The van der Waals surface area contributed by atoms with Crippen LogP contribution >= 0.6 is 0 Å².